The molecule has 178 valence electrons. The molecular formula is C26H33N7O. The van der Waals surface area contributed by atoms with E-state index in [-0.39, 0.29) is 17.2 Å². The number of benzene rings is 2. The van der Waals surface area contributed by atoms with E-state index in [1.807, 2.05) is 31.2 Å². The SMILES string of the molecule is Cc1cccc(Nc2nc(N3CCC[C@@H](Nc4ccc(C(C)(C)C)cc4)C3)nnc2C(N)=O)c1. The topological polar surface area (TPSA) is 109 Å². The number of carbonyl (C=O) groups is 1. The maximum absolute atomic E-state index is 11.9. The number of anilines is 4. The Morgan fingerprint density at radius 3 is 2.53 bits per heavy atom. The van der Waals surface area contributed by atoms with Crippen molar-refractivity contribution in [3.8, 4) is 0 Å². The van der Waals surface area contributed by atoms with Gasteiger partial charge in [-0.1, -0.05) is 45.0 Å². The molecule has 2 heterocycles. The molecule has 8 nitrogen and oxygen atoms in total. The summed E-state index contributed by atoms with van der Waals surface area (Å²) in [5, 5.41) is 15.1. The van der Waals surface area contributed by atoms with Gasteiger partial charge in [-0.15, -0.1) is 10.2 Å². The zero-order valence-electron chi connectivity index (χ0n) is 20.3. The van der Waals surface area contributed by atoms with Crippen LogP contribution in [0.25, 0.3) is 0 Å². The predicted octanol–water partition coefficient (Wildman–Crippen LogP) is 4.40. The molecule has 0 spiro atoms. The number of hydrogen-bond donors (Lipinski definition) is 3. The largest absolute Gasteiger partial charge is 0.381 e. The van der Waals surface area contributed by atoms with Gasteiger partial charge in [0.2, 0.25) is 5.95 Å². The molecule has 0 unspecified atom stereocenters. The van der Waals surface area contributed by atoms with Gasteiger partial charge in [0.05, 0.1) is 0 Å². The second kappa shape index (κ2) is 9.67. The highest BCUT2D eigenvalue weighted by atomic mass is 16.1. The summed E-state index contributed by atoms with van der Waals surface area (Å²) < 4.78 is 0. The second-order valence-corrected chi connectivity index (χ2v) is 9.92. The lowest BCUT2D eigenvalue weighted by molar-refractivity contribution is 0.0995. The van der Waals surface area contributed by atoms with E-state index in [0.29, 0.717) is 11.8 Å². The molecule has 1 atom stereocenters. The van der Waals surface area contributed by atoms with Gasteiger partial charge in [0.15, 0.2) is 11.5 Å². The van der Waals surface area contributed by atoms with Crippen molar-refractivity contribution in [3.63, 3.8) is 0 Å². The predicted molar refractivity (Wildman–Crippen MR) is 137 cm³/mol. The number of amides is 1. The Morgan fingerprint density at radius 1 is 1.09 bits per heavy atom. The molecule has 1 amide bonds. The maximum Gasteiger partial charge on any atom is 0.273 e. The molecule has 0 radical (unpaired) electrons. The Morgan fingerprint density at radius 2 is 1.85 bits per heavy atom. The van der Waals surface area contributed by atoms with Gasteiger partial charge in [-0.05, 0) is 60.6 Å². The Hall–Kier alpha value is -3.68. The van der Waals surface area contributed by atoms with E-state index in [4.69, 9.17) is 5.73 Å². The molecule has 1 fully saturated rings. The number of nitrogens with two attached hydrogens (primary N) is 1. The molecule has 8 heteroatoms. The lowest BCUT2D eigenvalue weighted by Gasteiger charge is -2.33. The number of piperidine rings is 1. The number of nitrogens with zero attached hydrogens (tertiary/aromatic N) is 4. The quantitative estimate of drug-likeness (QED) is 0.501. The molecule has 1 aromatic heterocycles. The summed E-state index contributed by atoms with van der Waals surface area (Å²) in [5.74, 6) is 0.129. The highest BCUT2D eigenvalue weighted by molar-refractivity contribution is 5.96. The lowest BCUT2D eigenvalue weighted by atomic mass is 9.87. The highest BCUT2D eigenvalue weighted by Gasteiger charge is 2.24. The molecular weight excluding hydrogens is 426 g/mol. The first-order valence-electron chi connectivity index (χ1n) is 11.7. The number of nitrogens with one attached hydrogen (secondary N) is 2. The summed E-state index contributed by atoms with van der Waals surface area (Å²) in [6.07, 6.45) is 2.05. The van der Waals surface area contributed by atoms with Crippen molar-refractivity contribution in [2.45, 2.75) is 52.0 Å². The van der Waals surface area contributed by atoms with E-state index >= 15 is 0 Å². The maximum atomic E-state index is 11.9. The van der Waals surface area contributed by atoms with Gasteiger partial charge >= 0.3 is 0 Å². The third-order valence-corrected chi connectivity index (χ3v) is 6.02. The van der Waals surface area contributed by atoms with Crippen LogP contribution in [-0.2, 0) is 5.41 Å². The summed E-state index contributed by atoms with van der Waals surface area (Å²) in [6, 6.07) is 16.7. The molecule has 1 aliphatic rings. The van der Waals surface area contributed by atoms with Crippen molar-refractivity contribution in [2.75, 3.05) is 28.6 Å². The van der Waals surface area contributed by atoms with Gasteiger partial charge in [-0.2, -0.15) is 4.98 Å². The number of hydrogen-bond acceptors (Lipinski definition) is 7. The van der Waals surface area contributed by atoms with Crippen LogP contribution < -0.4 is 21.3 Å². The molecule has 0 saturated carbocycles. The van der Waals surface area contributed by atoms with Crippen LogP contribution >= 0.6 is 0 Å². The van der Waals surface area contributed by atoms with Crippen molar-refractivity contribution < 1.29 is 4.79 Å². The third-order valence-electron chi connectivity index (χ3n) is 6.02. The van der Waals surface area contributed by atoms with E-state index in [1.54, 1.807) is 0 Å². The molecule has 3 aromatic rings. The average molecular weight is 460 g/mol. The van der Waals surface area contributed by atoms with Crippen molar-refractivity contribution in [3.05, 3.63) is 65.4 Å². The van der Waals surface area contributed by atoms with E-state index in [1.165, 1.54) is 5.56 Å². The fourth-order valence-electron chi connectivity index (χ4n) is 4.14. The fraction of sp³-hybridized carbons (Fsp3) is 0.385. The highest BCUT2D eigenvalue weighted by Crippen LogP contribution is 2.26. The van der Waals surface area contributed by atoms with Gasteiger partial charge in [0.25, 0.3) is 5.91 Å². The van der Waals surface area contributed by atoms with Crippen molar-refractivity contribution in [2.24, 2.45) is 5.73 Å². The van der Waals surface area contributed by atoms with Crippen LogP contribution in [0.5, 0.6) is 0 Å². The number of aromatic nitrogens is 3. The number of aryl methyl sites for hydroxylation is 1. The van der Waals surface area contributed by atoms with Gasteiger partial charge < -0.3 is 21.3 Å². The van der Waals surface area contributed by atoms with Crippen molar-refractivity contribution in [1.82, 2.24) is 15.2 Å². The van der Waals surface area contributed by atoms with Gasteiger partial charge in [0.1, 0.15) is 0 Å². The van der Waals surface area contributed by atoms with E-state index in [2.05, 4.69) is 75.8 Å². The number of carbonyl (C=O) groups excluding carboxylic acids is 1. The monoisotopic (exact) mass is 459 g/mol. The molecule has 1 saturated heterocycles. The van der Waals surface area contributed by atoms with Crippen LogP contribution in [0.1, 0.15) is 55.2 Å². The van der Waals surface area contributed by atoms with Crippen LogP contribution in [0, 0.1) is 6.92 Å². The van der Waals surface area contributed by atoms with Crippen LogP contribution in [0.3, 0.4) is 0 Å². The van der Waals surface area contributed by atoms with Gasteiger partial charge in [0, 0.05) is 30.5 Å². The molecule has 2 aromatic carbocycles. The number of primary amides is 1. The minimum absolute atomic E-state index is 0.0240. The fourth-order valence-corrected chi connectivity index (χ4v) is 4.14. The van der Waals surface area contributed by atoms with E-state index in [0.717, 1.165) is 42.9 Å². The molecule has 1 aliphatic heterocycles. The zero-order valence-corrected chi connectivity index (χ0v) is 20.3. The first-order chi connectivity index (χ1) is 16.2. The Balaban J connectivity index is 1.50. The first-order valence-corrected chi connectivity index (χ1v) is 11.7. The van der Waals surface area contributed by atoms with Gasteiger partial charge in [-0.25, -0.2) is 0 Å². The van der Waals surface area contributed by atoms with Crippen molar-refractivity contribution >= 4 is 29.0 Å². The van der Waals surface area contributed by atoms with Gasteiger partial charge in [-0.3, -0.25) is 4.79 Å². The minimum atomic E-state index is -0.668. The molecule has 0 aliphatic carbocycles. The minimum Gasteiger partial charge on any atom is -0.381 e. The Bertz CT molecular complexity index is 1150. The van der Waals surface area contributed by atoms with Crippen LogP contribution in [0.2, 0.25) is 0 Å². The third kappa shape index (κ3) is 5.62. The molecule has 34 heavy (non-hydrogen) atoms. The van der Waals surface area contributed by atoms with E-state index < -0.39 is 5.91 Å². The van der Waals surface area contributed by atoms with Crippen LogP contribution in [0.15, 0.2) is 48.5 Å². The summed E-state index contributed by atoms with van der Waals surface area (Å²) in [6.45, 7) is 10.2. The normalized spacial score (nSPS) is 16.2. The summed E-state index contributed by atoms with van der Waals surface area (Å²) in [5.41, 5.74) is 10.00. The molecule has 4 N–H and O–H groups in total. The Kier molecular flexibility index (Phi) is 6.68. The summed E-state index contributed by atoms with van der Waals surface area (Å²) >= 11 is 0. The summed E-state index contributed by atoms with van der Waals surface area (Å²) in [7, 11) is 0. The second-order valence-electron chi connectivity index (χ2n) is 9.92. The molecule has 0 bridgehead atoms. The first kappa shape index (κ1) is 23.5. The summed E-state index contributed by atoms with van der Waals surface area (Å²) in [4.78, 5) is 18.7. The van der Waals surface area contributed by atoms with Crippen molar-refractivity contribution in [1.29, 1.82) is 0 Å². The van der Waals surface area contributed by atoms with E-state index in [9.17, 15) is 4.79 Å². The zero-order chi connectivity index (χ0) is 24.3. The number of rotatable bonds is 6. The average Bonchev–Trinajstić information content (AvgIpc) is 2.79. The van der Waals surface area contributed by atoms with Crippen LogP contribution in [0.4, 0.5) is 23.1 Å². The lowest BCUT2D eigenvalue weighted by Crippen LogP contribution is -2.43. The standard InChI is InChI=1S/C26H33N7O/c1-17-7-5-8-20(15-17)29-24-22(23(27)34)31-32-25(30-24)33-14-6-9-21(16-33)28-19-12-10-18(11-13-19)26(2,3)4/h5,7-8,10-13,15,21,28H,6,9,14,16H2,1-4H3,(H2,27,34)(H,29,30,32)/t21-/m1/s1. The van der Waals surface area contributed by atoms with Crippen LogP contribution in [-0.4, -0.2) is 40.2 Å². The Labute approximate surface area is 201 Å². The molecule has 4 rings (SSSR count). The smallest absolute Gasteiger partial charge is 0.273 e.